The molecule has 1 saturated carbocycles. The second-order valence-corrected chi connectivity index (χ2v) is 15.8. The number of carbonyl (C=O) groups excluding carboxylic acids is 1. The molecule has 1 amide bonds. The van der Waals surface area contributed by atoms with E-state index >= 15 is 4.39 Å². The van der Waals surface area contributed by atoms with Crippen LogP contribution in [-0.4, -0.2) is 32.9 Å². The Morgan fingerprint density at radius 1 is 1.19 bits per heavy atom. The van der Waals surface area contributed by atoms with Crippen LogP contribution in [0.5, 0.6) is 0 Å². The molecule has 230 valence electrons. The zero-order chi connectivity index (χ0) is 31.1. The van der Waals surface area contributed by atoms with Gasteiger partial charge in [0.25, 0.3) is 0 Å². The summed E-state index contributed by atoms with van der Waals surface area (Å²) < 4.78 is 15.1. The minimum absolute atomic E-state index is 0.00404. The van der Waals surface area contributed by atoms with E-state index in [1.54, 1.807) is 12.3 Å². The maximum Gasteiger partial charge on any atom is 0.308 e. The van der Waals surface area contributed by atoms with Crippen molar-refractivity contribution in [2.45, 2.75) is 90.6 Å². The molecule has 43 heavy (non-hydrogen) atoms. The molecular formula is C34H39Cl2FN2O3S. The van der Waals surface area contributed by atoms with Crippen LogP contribution in [0.1, 0.15) is 92.8 Å². The molecule has 1 aromatic heterocycles. The number of aromatic nitrogens is 1. The molecule has 4 atom stereocenters. The van der Waals surface area contributed by atoms with Crippen LogP contribution < -0.4 is 0 Å². The molecule has 0 radical (unpaired) electrons. The van der Waals surface area contributed by atoms with Crippen molar-refractivity contribution in [3.8, 4) is 0 Å². The number of carbonyl (C=O) groups is 2. The summed E-state index contributed by atoms with van der Waals surface area (Å²) >= 11 is 14.0. The number of carboxylic acid groups (broad SMARTS) is 1. The highest BCUT2D eigenvalue weighted by Gasteiger charge is 2.54. The Balaban J connectivity index is 1.64. The second kappa shape index (κ2) is 12.5. The van der Waals surface area contributed by atoms with Crippen LogP contribution in [0.15, 0.2) is 48.7 Å². The molecule has 0 spiro atoms. The SMILES string of the molecule is CC(C)(C)CC[C@H](C1CC1)N1C(=O)[C@@](C)(Cc2ncc(CC(=O)O)s2)C[C@H](c2cccc(Cl)c2)[C@H]1c1ccc(Cl)c(F)c1. The first kappa shape index (κ1) is 31.9. The van der Waals surface area contributed by atoms with E-state index < -0.39 is 23.2 Å². The monoisotopic (exact) mass is 644 g/mol. The van der Waals surface area contributed by atoms with Gasteiger partial charge in [0.05, 0.1) is 27.9 Å². The summed E-state index contributed by atoms with van der Waals surface area (Å²) in [7, 11) is 0. The van der Waals surface area contributed by atoms with Crippen molar-refractivity contribution in [3.63, 3.8) is 0 Å². The Morgan fingerprint density at radius 3 is 2.56 bits per heavy atom. The van der Waals surface area contributed by atoms with Gasteiger partial charge in [-0.25, -0.2) is 9.37 Å². The van der Waals surface area contributed by atoms with Crippen LogP contribution in [0.3, 0.4) is 0 Å². The summed E-state index contributed by atoms with van der Waals surface area (Å²) in [6.45, 7) is 8.66. The predicted octanol–water partition coefficient (Wildman–Crippen LogP) is 9.13. The average molecular weight is 646 g/mol. The van der Waals surface area contributed by atoms with Crippen LogP contribution >= 0.6 is 34.5 Å². The third-order valence-electron chi connectivity index (χ3n) is 8.85. The summed E-state index contributed by atoms with van der Waals surface area (Å²) in [5, 5.41) is 10.7. The maximum atomic E-state index is 15.1. The molecule has 2 aliphatic rings. The number of aliphatic carboxylic acids is 1. The van der Waals surface area contributed by atoms with Gasteiger partial charge in [0.1, 0.15) is 5.82 Å². The Bertz CT molecular complexity index is 1500. The van der Waals surface area contributed by atoms with E-state index in [1.807, 2.05) is 37.3 Å². The molecule has 1 N–H and O–H groups in total. The molecule has 0 bridgehead atoms. The minimum Gasteiger partial charge on any atom is -0.481 e. The lowest BCUT2D eigenvalue weighted by molar-refractivity contribution is -0.156. The number of amides is 1. The highest BCUT2D eigenvalue weighted by Crippen LogP contribution is 2.55. The van der Waals surface area contributed by atoms with Gasteiger partial charge >= 0.3 is 5.97 Å². The molecule has 5 nitrogen and oxygen atoms in total. The van der Waals surface area contributed by atoms with Gasteiger partial charge in [-0.3, -0.25) is 9.59 Å². The molecule has 1 aliphatic carbocycles. The standard InChI is InChI=1S/C34H39Cl2FN2O3S/c1-33(2,3)13-12-28(20-8-9-20)39-31(22-10-11-26(36)27(37)15-22)25(21-6-5-7-23(35)14-21)17-34(4,32(39)42)18-29-38-19-24(43-29)16-30(40)41/h5-7,10-11,14-15,19-20,25,28,31H,8-9,12-13,16-18H2,1-4H3,(H,40,41)/t25-,28-,31-,34-/m1/s1. The largest absolute Gasteiger partial charge is 0.481 e. The van der Waals surface area contributed by atoms with Gasteiger partial charge in [-0.2, -0.15) is 0 Å². The molecule has 9 heteroatoms. The molecular weight excluding hydrogens is 606 g/mol. The van der Waals surface area contributed by atoms with Gasteiger partial charge in [0, 0.05) is 34.5 Å². The van der Waals surface area contributed by atoms with Gasteiger partial charge in [0.15, 0.2) is 0 Å². The van der Waals surface area contributed by atoms with Crippen molar-refractivity contribution >= 4 is 46.4 Å². The molecule has 1 aliphatic heterocycles. The molecule has 2 fully saturated rings. The normalized spacial score (nSPS) is 23.4. The van der Waals surface area contributed by atoms with Crippen LogP contribution in [0.2, 0.25) is 10.0 Å². The van der Waals surface area contributed by atoms with E-state index in [9.17, 15) is 14.7 Å². The number of nitrogens with zero attached hydrogens (tertiary/aromatic N) is 2. The van der Waals surface area contributed by atoms with Gasteiger partial charge in [0.2, 0.25) is 5.91 Å². The lowest BCUT2D eigenvalue weighted by Crippen LogP contribution is -2.57. The number of carboxylic acids is 1. The number of halogens is 3. The number of rotatable bonds is 10. The van der Waals surface area contributed by atoms with Crippen LogP contribution in [0.4, 0.5) is 4.39 Å². The highest BCUT2D eigenvalue weighted by molar-refractivity contribution is 7.11. The smallest absolute Gasteiger partial charge is 0.308 e. The van der Waals surface area contributed by atoms with Crippen molar-refractivity contribution in [1.29, 1.82) is 0 Å². The van der Waals surface area contributed by atoms with E-state index in [0.29, 0.717) is 28.7 Å². The molecule has 1 saturated heterocycles. The van der Waals surface area contributed by atoms with Crippen LogP contribution in [-0.2, 0) is 22.4 Å². The average Bonchev–Trinajstić information content (AvgIpc) is 3.67. The quantitative estimate of drug-likeness (QED) is 0.239. The molecule has 2 aromatic carbocycles. The van der Waals surface area contributed by atoms with Crippen molar-refractivity contribution < 1.29 is 19.1 Å². The summed E-state index contributed by atoms with van der Waals surface area (Å²) in [6.07, 6.45) is 6.32. The lowest BCUT2D eigenvalue weighted by Gasteiger charge is -2.52. The molecule has 5 rings (SSSR count). The molecule has 2 heterocycles. The third-order valence-corrected chi connectivity index (χ3v) is 10.4. The number of likely N-dealkylation sites (tertiary alicyclic amines) is 1. The number of hydrogen-bond donors (Lipinski definition) is 1. The Kier molecular flexibility index (Phi) is 9.27. The predicted molar refractivity (Wildman–Crippen MR) is 170 cm³/mol. The van der Waals surface area contributed by atoms with Crippen molar-refractivity contribution in [3.05, 3.63) is 85.5 Å². The third kappa shape index (κ3) is 7.43. The lowest BCUT2D eigenvalue weighted by atomic mass is 9.66. The maximum absolute atomic E-state index is 15.1. The van der Waals surface area contributed by atoms with Crippen LogP contribution in [0, 0.1) is 22.6 Å². The first-order valence-corrected chi connectivity index (χ1v) is 16.5. The Labute approximate surface area is 267 Å². The fourth-order valence-electron chi connectivity index (χ4n) is 6.61. The van der Waals surface area contributed by atoms with Gasteiger partial charge < -0.3 is 10.0 Å². The molecule has 0 unspecified atom stereocenters. The topological polar surface area (TPSA) is 70.5 Å². The number of benzene rings is 2. The van der Waals surface area contributed by atoms with Crippen LogP contribution in [0.25, 0.3) is 0 Å². The Hall–Kier alpha value is -2.48. The first-order chi connectivity index (χ1) is 20.2. The zero-order valence-corrected chi connectivity index (χ0v) is 27.4. The number of piperidine rings is 1. The summed E-state index contributed by atoms with van der Waals surface area (Å²) in [5.74, 6) is -1.17. The van der Waals surface area contributed by atoms with E-state index in [1.165, 1.54) is 17.4 Å². The van der Waals surface area contributed by atoms with Crippen molar-refractivity contribution in [2.75, 3.05) is 0 Å². The fourth-order valence-corrected chi connectivity index (χ4v) is 8.02. The summed E-state index contributed by atoms with van der Waals surface area (Å²) in [6, 6.07) is 12.3. The highest BCUT2D eigenvalue weighted by atomic mass is 35.5. The van der Waals surface area contributed by atoms with E-state index in [4.69, 9.17) is 23.2 Å². The number of thiazole rings is 1. The van der Waals surface area contributed by atoms with E-state index in [-0.39, 0.29) is 34.7 Å². The fraction of sp³-hybridized carbons (Fsp3) is 0.500. The second-order valence-electron chi connectivity index (χ2n) is 13.7. The first-order valence-electron chi connectivity index (χ1n) is 14.9. The van der Waals surface area contributed by atoms with Gasteiger partial charge in [-0.05, 0) is 78.8 Å². The van der Waals surface area contributed by atoms with Crippen molar-refractivity contribution in [1.82, 2.24) is 9.88 Å². The minimum atomic E-state index is -0.911. The van der Waals surface area contributed by atoms with E-state index in [2.05, 4.69) is 30.7 Å². The number of hydrogen-bond acceptors (Lipinski definition) is 4. The molecule has 3 aromatic rings. The summed E-state index contributed by atoms with van der Waals surface area (Å²) in [5.41, 5.74) is 0.987. The summed E-state index contributed by atoms with van der Waals surface area (Å²) in [4.78, 5) is 33.6. The van der Waals surface area contributed by atoms with E-state index in [0.717, 1.165) is 41.8 Å². The van der Waals surface area contributed by atoms with Gasteiger partial charge in [-0.15, -0.1) is 11.3 Å². The van der Waals surface area contributed by atoms with Crippen molar-refractivity contribution in [2.24, 2.45) is 16.7 Å². The zero-order valence-electron chi connectivity index (χ0n) is 25.1. The van der Waals surface area contributed by atoms with Gasteiger partial charge in [-0.1, -0.05) is 69.1 Å². The Morgan fingerprint density at radius 2 is 1.93 bits per heavy atom.